The molecule has 2 amide bonds. The molecule has 1 aliphatic heterocycles. The highest BCUT2D eigenvalue weighted by Gasteiger charge is 2.18. The third-order valence-electron chi connectivity index (χ3n) is 3.00. The molecule has 1 rings (SSSR count). The van der Waals surface area contributed by atoms with Gasteiger partial charge in [0.05, 0.1) is 13.1 Å². The van der Waals surface area contributed by atoms with Gasteiger partial charge in [-0.2, -0.15) is 0 Å². The van der Waals surface area contributed by atoms with E-state index in [-0.39, 0.29) is 24.4 Å². The second-order valence-electron chi connectivity index (χ2n) is 5.48. The van der Waals surface area contributed by atoms with Crippen LogP contribution in [0.25, 0.3) is 0 Å². The Labute approximate surface area is 109 Å². The molecule has 0 aromatic heterocycles. The van der Waals surface area contributed by atoms with E-state index in [1.54, 1.807) is 0 Å². The predicted molar refractivity (Wildman–Crippen MR) is 71.1 cm³/mol. The number of nitrogens with one attached hydrogen (secondary N) is 2. The number of likely N-dealkylation sites (tertiary alicyclic amines) is 1. The molecule has 0 aromatic rings. The van der Waals surface area contributed by atoms with E-state index in [2.05, 4.69) is 22.5 Å². The van der Waals surface area contributed by atoms with E-state index >= 15 is 0 Å². The number of hydrogen-bond acceptors (Lipinski definition) is 3. The predicted octanol–water partition coefficient (Wildman–Crippen LogP) is 0.359. The molecule has 0 radical (unpaired) electrons. The van der Waals surface area contributed by atoms with E-state index < -0.39 is 0 Å². The van der Waals surface area contributed by atoms with Gasteiger partial charge in [0.15, 0.2) is 0 Å². The fourth-order valence-corrected chi connectivity index (χ4v) is 2.24. The van der Waals surface area contributed by atoms with Crippen molar-refractivity contribution in [3.8, 4) is 0 Å². The number of piperidine rings is 1. The van der Waals surface area contributed by atoms with E-state index in [4.69, 9.17) is 0 Å². The van der Waals surface area contributed by atoms with Gasteiger partial charge in [0, 0.05) is 12.6 Å². The quantitative estimate of drug-likeness (QED) is 0.745. The van der Waals surface area contributed by atoms with Crippen LogP contribution in [0.3, 0.4) is 0 Å². The number of rotatable bonds is 5. The van der Waals surface area contributed by atoms with Gasteiger partial charge in [-0.3, -0.25) is 14.5 Å². The highest BCUT2D eigenvalue weighted by atomic mass is 16.2. The first-order valence-corrected chi connectivity index (χ1v) is 6.75. The molecule has 0 aliphatic carbocycles. The van der Waals surface area contributed by atoms with Crippen molar-refractivity contribution < 1.29 is 9.59 Å². The van der Waals surface area contributed by atoms with E-state index in [1.807, 2.05) is 13.8 Å². The van der Waals surface area contributed by atoms with Gasteiger partial charge >= 0.3 is 0 Å². The van der Waals surface area contributed by atoms with Gasteiger partial charge in [0.1, 0.15) is 0 Å². The number of amides is 2. The molecule has 104 valence electrons. The summed E-state index contributed by atoms with van der Waals surface area (Å²) in [7, 11) is 0. The van der Waals surface area contributed by atoms with Crippen LogP contribution >= 0.6 is 0 Å². The zero-order valence-corrected chi connectivity index (χ0v) is 11.7. The highest BCUT2D eigenvalue weighted by molar-refractivity contribution is 5.85. The second kappa shape index (κ2) is 7.36. The Morgan fingerprint density at radius 1 is 1.33 bits per heavy atom. The minimum absolute atomic E-state index is 0.0667. The molecule has 18 heavy (non-hydrogen) atoms. The van der Waals surface area contributed by atoms with Gasteiger partial charge in [-0.05, 0) is 39.2 Å². The molecule has 1 heterocycles. The average molecular weight is 255 g/mol. The summed E-state index contributed by atoms with van der Waals surface area (Å²) in [6.45, 7) is 8.44. The molecule has 1 fully saturated rings. The fraction of sp³-hybridized carbons (Fsp3) is 0.846. The number of carbonyl (C=O) groups is 2. The van der Waals surface area contributed by atoms with Crippen molar-refractivity contribution in [3.63, 3.8) is 0 Å². The minimum atomic E-state index is -0.134. The van der Waals surface area contributed by atoms with Crippen molar-refractivity contribution in [2.45, 2.75) is 39.7 Å². The molecular formula is C13H25N3O2. The Hall–Kier alpha value is -1.10. The van der Waals surface area contributed by atoms with Crippen LogP contribution in [-0.2, 0) is 9.59 Å². The lowest BCUT2D eigenvalue weighted by Crippen LogP contribution is -2.45. The van der Waals surface area contributed by atoms with Gasteiger partial charge in [-0.15, -0.1) is 0 Å². The van der Waals surface area contributed by atoms with Crippen LogP contribution in [0.4, 0.5) is 0 Å². The van der Waals surface area contributed by atoms with E-state index in [1.165, 1.54) is 6.42 Å². The van der Waals surface area contributed by atoms with Crippen molar-refractivity contribution in [2.24, 2.45) is 5.92 Å². The lowest BCUT2D eigenvalue weighted by Gasteiger charge is -2.30. The smallest absolute Gasteiger partial charge is 0.239 e. The topological polar surface area (TPSA) is 61.4 Å². The Balaban J connectivity index is 2.19. The zero-order valence-electron chi connectivity index (χ0n) is 11.7. The van der Waals surface area contributed by atoms with Gasteiger partial charge < -0.3 is 10.6 Å². The largest absolute Gasteiger partial charge is 0.352 e. The van der Waals surface area contributed by atoms with Crippen LogP contribution in [0.15, 0.2) is 0 Å². The number of nitrogens with zero attached hydrogens (tertiary/aromatic N) is 1. The maximum Gasteiger partial charge on any atom is 0.239 e. The van der Waals surface area contributed by atoms with Gasteiger partial charge in [0.25, 0.3) is 0 Å². The van der Waals surface area contributed by atoms with E-state index in [0.29, 0.717) is 12.5 Å². The first-order valence-electron chi connectivity index (χ1n) is 6.75. The van der Waals surface area contributed by atoms with Crippen molar-refractivity contribution in [1.29, 1.82) is 0 Å². The van der Waals surface area contributed by atoms with Crippen LogP contribution in [-0.4, -0.2) is 48.9 Å². The summed E-state index contributed by atoms with van der Waals surface area (Å²) in [5, 5.41) is 5.40. The second-order valence-corrected chi connectivity index (χ2v) is 5.48. The Morgan fingerprint density at radius 3 is 2.67 bits per heavy atom. The van der Waals surface area contributed by atoms with Crippen LogP contribution in [0, 0.1) is 5.92 Å². The highest BCUT2D eigenvalue weighted by Crippen LogP contribution is 2.14. The first-order chi connectivity index (χ1) is 8.47. The molecule has 1 aliphatic rings. The molecule has 1 atom stereocenters. The van der Waals surface area contributed by atoms with Crippen molar-refractivity contribution in [3.05, 3.63) is 0 Å². The summed E-state index contributed by atoms with van der Waals surface area (Å²) < 4.78 is 0. The van der Waals surface area contributed by atoms with Gasteiger partial charge in [0.2, 0.25) is 11.8 Å². The summed E-state index contributed by atoms with van der Waals surface area (Å²) in [5.41, 5.74) is 0. The molecule has 1 saturated heterocycles. The lowest BCUT2D eigenvalue weighted by atomic mass is 10.0. The van der Waals surface area contributed by atoms with Crippen LogP contribution in [0.1, 0.15) is 33.6 Å². The monoisotopic (exact) mass is 255 g/mol. The maximum atomic E-state index is 11.7. The first kappa shape index (κ1) is 15.0. The molecule has 0 saturated carbocycles. The van der Waals surface area contributed by atoms with Crippen LogP contribution in [0.5, 0.6) is 0 Å². The summed E-state index contributed by atoms with van der Waals surface area (Å²) in [4.78, 5) is 25.2. The minimum Gasteiger partial charge on any atom is -0.352 e. The van der Waals surface area contributed by atoms with Gasteiger partial charge in [-0.25, -0.2) is 0 Å². The summed E-state index contributed by atoms with van der Waals surface area (Å²) in [5.74, 6) is 0.462. The fourth-order valence-electron chi connectivity index (χ4n) is 2.24. The SMILES string of the molecule is CC(C)NC(=O)CNC(=O)CN1CCC[C@H](C)C1. The molecule has 5 nitrogen and oxygen atoms in total. The summed E-state index contributed by atoms with van der Waals surface area (Å²) >= 11 is 0. The molecule has 0 bridgehead atoms. The maximum absolute atomic E-state index is 11.7. The Kier molecular flexibility index (Phi) is 6.12. The molecular weight excluding hydrogens is 230 g/mol. The summed E-state index contributed by atoms with van der Waals surface area (Å²) in [6, 6.07) is 0.109. The van der Waals surface area contributed by atoms with Gasteiger partial charge in [-0.1, -0.05) is 6.92 Å². The lowest BCUT2D eigenvalue weighted by molar-refractivity contribution is -0.127. The summed E-state index contributed by atoms with van der Waals surface area (Å²) in [6.07, 6.45) is 2.40. The van der Waals surface area contributed by atoms with E-state index in [9.17, 15) is 9.59 Å². The van der Waals surface area contributed by atoms with Crippen LogP contribution < -0.4 is 10.6 Å². The molecule has 5 heteroatoms. The van der Waals surface area contributed by atoms with Crippen LogP contribution in [0.2, 0.25) is 0 Å². The number of carbonyl (C=O) groups excluding carboxylic acids is 2. The third-order valence-corrected chi connectivity index (χ3v) is 3.00. The van der Waals surface area contributed by atoms with Crippen molar-refractivity contribution in [2.75, 3.05) is 26.2 Å². The Bertz CT molecular complexity index is 292. The third kappa shape index (κ3) is 6.00. The zero-order chi connectivity index (χ0) is 13.5. The standard InChI is InChI=1S/C13H25N3O2/c1-10(2)15-12(17)7-14-13(18)9-16-6-4-5-11(3)8-16/h10-11H,4-9H2,1-3H3,(H,14,18)(H,15,17)/t11-/m0/s1. The van der Waals surface area contributed by atoms with Crippen molar-refractivity contribution in [1.82, 2.24) is 15.5 Å². The molecule has 0 unspecified atom stereocenters. The van der Waals surface area contributed by atoms with E-state index in [0.717, 1.165) is 19.5 Å². The molecule has 0 spiro atoms. The molecule has 2 N–H and O–H groups in total. The number of hydrogen-bond donors (Lipinski definition) is 2. The molecule has 0 aromatic carbocycles. The normalized spacial score (nSPS) is 20.8. The van der Waals surface area contributed by atoms with Crippen molar-refractivity contribution >= 4 is 11.8 Å². The Morgan fingerprint density at radius 2 is 2.06 bits per heavy atom. The average Bonchev–Trinajstić information content (AvgIpc) is 2.25.